The molecule has 2 aromatic rings. The minimum Gasteiger partial charge on any atom is -0.372 e. The Bertz CT molecular complexity index is 903. The molecule has 4 nitrogen and oxygen atoms in total. The van der Waals surface area contributed by atoms with Gasteiger partial charge >= 0.3 is 0 Å². The summed E-state index contributed by atoms with van der Waals surface area (Å²) in [7, 11) is 0. The van der Waals surface area contributed by atoms with Crippen LogP contribution in [0.15, 0.2) is 57.9 Å². The summed E-state index contributed by atoms with van der Waals surface area (Å²) in [6, 6.07) is 15.9. The Kier molecular flexibility index (Phi) is 5.87. The SMILES string of the molecule is O=C1S/C(=C\c2ccc(N3CCCCC3)cc2)C(=O)N1Cc1ccc(Br)cc1. The van der Waals surface area contributed by atoms with E-state index in [4.69, 9.17) is 0 Å². The minimum absolute atomic E-state index is 0.218. The van der Waals surface area contributed by atoms with Crippen molar-refractivity contribution in [2.24, 2.45) is 0 Å². The summed E-state index contributed by atoms with van der Waals surface area (Å²) in [6.45, 7) is 2.51. The fourth-order valence-electron chi connectivity index (χ4n) is 3.49. The summed E-state index contributed by atoms with van der Waals surface area (Å²) >= 11 is 4.41. The van der Waals surface area contributed by atoms with Gasteiger partial charge in [0.1, 0.15) is 0 Å². The van der Waals surface area contributed by atoms with Crippen molar-refractivity contribution in [3.63, 3.8) is 0 Å². The van der Waals surface area contributed by atoms with E-state index in [1.54, 1.807) is 0 Å². The average Bonchev–Trinajstić information content (AvgIpc) is 2.98. The Hall–Kier alpha value is -2.05. The standard InChI is InChI=1S/C22H21BrN2O2S/c23-18-8-4-17(5-9-18)15-25-21(26)20(28-22(25)27)14-16-6-10-19(11-7-16)24-12-2-1-3-13-24/h4-11,14H,1-3,12-13,15H2/b20-14-. The summed E-state index contributed by atoms with van der Waals surface area (Å²) in [5.41, 5.74) is 3.09. The maximum atomic E-state index is 12.7. The van der Waals surface area contributed by atoms with Crippen LogP contribution in [0.4, 0.5) is 10.5 Å². The number of imide groups is 1. The van der Waals surface area contributed by atoms with Gasteiger partial charge in [0.05, 0.1) is 11.4 Å². The molecule has 2 amide bonds. The van der Waals surface area contributed by atoms with Crippen LogP contribution in [0, 0.1) is 0 Å². The molecular weight excluding hydrogens is 436 g/mol. The maximum Gasteiger partial charge on any atom is 0.293 e. The summed E-state index contributed by atoms with van der Waals surface area (Å²) in [5.74, 6) is -0.224. The van der Waals surface area contributed by atoms with E-state index in [0.29, 0.717) is 11.4 Å². The van der Waals surface area contributed by atoms with Gasteiger partial charge in [-0.2, -0.15) is 0 Å². The molecule has 0 spiro atoms. The minimum atomic E-state index is -0.224. The number of benzene rings is 2. The first kappa shape index (κ1) is 19.3. The molecule has 2 aliphatic heterocycles. The van der Waals surface area contributed by atoms with Gasteiger partial charge in [0.25, 0.3) is 11.1 Å². The molecule has 144 valence electrons. The van der Waals surface area contributed by atoms with Crippen molar-refractivity contribution in [1.29, 1.82) is 0 Å². The first-order valence-corrected chi connectivity index (χ1v) is 11.1. The van der Waals surface area contributed by atoms with E-state index in [-0.39, 0.29) is 11.1 Å². The van der Waals surface area contributed by atoms with Crippen molar-refractivity contribution < 1.29 is 9.59 Å². The van der Waals surface area contributed by atoms with E-state index >= 15 is 0 Å². The summed E-state index contributed by atoms with van der Waals surface area (Å²) in [6.07, 6.45) is 5.61. The first-order valence-electron chi connectivity index (χ1n) is 9.45. The number of carbonyl (C=O) groups is 2. The lowest BCUT2D eigenvalue weighted by Gasteiger charge is -2.28. The number of halogens is 1. The van der Waals surface area contributed by atoms with Crippen molar-refractivity contribution in [3.05, 3.63) is 69.0 Å². The van der Waals surface area contributed by atoms with Gasteiger partial charge in [-0.15, -0.1) is 0 Å². The number of carbonyl (C=O) groups excluding carboxylic acids is 2. The fraction of sp³-hybridized carbons (Fsp3) is 0.273. The van der Waals surface area contributed by atoms with E-state index in [9.17, 15) is 9.59 Å². The van der Waals surface area contributed by atoms with Gasteiger partial charge in [0, 0.05) is 23.2 Å². The molecule has 0 bridgehead atoms. The van der Waals surface area contributed by atoms with Crippen molar-refractivity contribution in [2.75, 3.05) is 18.0 Å². The van der Waals surface area contributed by atoms with Crippen LogP contribution < -0.4 is 4.90 Å². The molecule has 4 rings (SSSR count). The Morgan fingerprint density at radius 1 is 0.929 bits per heavy atom. The summed E-state index contributed by atoms with van der Waals surface area (Å²) in [4.78, 5) is 29.2. The van der Waals surface area contributed by atoms with E-state index in [1.165, 1.54) is 29.8 Å². The van der Waals surface area contributed by atoms with Crippen LogP contribution in [0.1, 0.15) is 30.4 Å². The average molecular weight is 457 g/mol. The van der Waals surface area contributed by atoms with Crippen LogP contribution in [-0.2, 0) is 11.3 Å². The second-order valence-electron chi connectivity index (χ2n) is 7.03. The molecular formula is C22H21BrN2O2S. The number of thioether (sulfide) groups is 1. The summed E-state index contributed by atoms with van der Waals surface area (Å²) in [5, 5.41) is -0.218. The Morgan fingerprint density at radius 3 is 2.29 bits per heavy atom. The number of nitrogens with zero attached hydrogens (tertiary/aromatic N) is 2. The van der Waals surface area contributed by atoms with Crippen LogP contribution in [0.3, 0.4) is 0 Å². The normalized spacial score (nSPS) is 19.0. The van der Waals surface area contributed by atoms with Crippen LogP contribution in [0.2, 0.25) is 0 Å². The largest absolute Gasteiger partial charge is 0.372 e. The second kappa shape index (κ2) is 8.53. The second-order valence-corrected chi connectivity index (χ2v) is 8.94. The van der Waals surface area contributed by atoms with Gasteiger partial charge in [0.2, 0.25) is 0 Å². The molecule has 0 unspecified atom stereocenters. The number of hydrogen-bond donors (Lipinski definition) is 0. The van der Waals surface area contributed by atoms with Gasteiger partial charge < -0.3 is 4.90 Å². The molecule has 6 heteroatoms. The molecule has 0 aromatic heterocycles. The number of hydrogen-bond acceptors (Lipinski definition) is 4. The molecule has 0 atom stereocenters. The number of rotatable bonds is 4. The third kappa shape index (κ3) is 4.33. The number of piperidine rings is 1. The van der Waals surface area contributed by atoms with Crippen LogP contribution in [-0.4, -0.2) is 29.1 Å². The van der Waals surface area contributed by atoms with E-state index in [2.05, 4.69) is 33.0 Å². The molecule has 2 aliphatic rings. The van der Waals surface area contributed by atoms with E-state index in [0.717, 1.165) is 40.5 Å². The van der Waals surface area contributed by atoms with Gasteiger partial charge in [-0.05, 0) is 72.5 Å². The highest BCUT2D eigenvalue weighted by molar-refractivity contribution is 9.10. The predicted octanol–water partition coefficient (Wildman–Crippen LogP) is 5.68. The lowest BCUT2D eigenvalue weighted by atomic mass is 10.1. The zero-order valence-corrected chi connectivity index (χ0v) is 17.8. The zero-order chi connectivity index (χ0) is 19.5. The highest BCUT2D eigenvalue weighted by Crippen LogP contribution is 2.33. The Balaban J connectivity index is 1.46. The third-order valence-corrected chi connectivity index (χ3v) is 6.48. The Morgan fingerprint density at radius 2 is 1.61 bits per heavy atom. The lowest BCUT2D eigenvalue weighted by Crippen LogP contribution is -2.29. The molecule has 0 saturated carbocycles. The van der Waals surface area contributed by atoms with E-state index < -0.39 is 0 Å². The molecule has 2 saturated heterocycles. The molecule has 0 aliphatic carbocycles. The highest BCUT2D eigenvalue weighted by atomic mass is 79.9. The van der Waals surface area contributed by atoms with E-state index in [1.807, 2.05) is 42.5 Å². The van der Waals surface area contributed by atoms with Crippen LogP contribution >= 0.6 is 27.7 Å². The lowest BCUT2D eigenvalue weighted by molar-refractivity contribution is -0.123. The highest BCUT2D eigenvalue weighted by Gasteiger charge is 2.34. The zero-order valence-electron chi connectivity index (χ0n) is 15.4. The molecule has 0 N–H and O–H groups in total. The molecule has 2 aromatic carbocycles. The van der Waals surface area contributed by atoms with Crippen LogP contribution in [0.5, 0.6) is 0 Å². The van der Waals surface area contributed by atoms with Crippen LogP contribution in [0.25, 0.3) is 6.08 Å². The Labute approximate surface area is 177 Å². The molecule has 2 fully saturated rings. The third-order valence-electron chi connectivity index (χ3n) is 5.04. The molecule has 28 heavy (non-hydrogen) atoms. The van der Waals surface area contributed by atoms with Gasteiger partial charge in [-0.1, -0.05) is 40.2 Å². The fourth-order valence-corrected chi connectivity index (χ4v) is 4.60. The quantitative estimate of drug-likeness (QED) is 0.555. The molecule has 0 radical (unpaired) electrons. The summed E-state index contributed by atoms with van der Waals surface area (Å²) < 4.78 is 0.971. The van der Waals surface area contributed by atoms with Gasteiger partial charge in [-0.25, -0.2) is 0 Å². The van der Waals surface area contributed by atoms with Gasteiger partial charge in [0.15, 0.2) is 0 Å². The topological polar surface area (TPSA) is 40.6 Å². The van der Waals surface area contributed by atoms with Crippen molar-refractivity contribution >= 4 is 50.6 Å². The number of anilines is 1. The molecule has 2 heterocycles. The predicted molar refractivity (Wildman–Crippen MR) is 118 cm³/mol. The van der Waals surface area contributed by atoms with Crippen molar-refractivity contribution in [2.45, 2.75) is 25.8 Å². The van der Waals surface area contributed by atoms with Gasteiger partial charge in [-0.3, -0.25) is 14.5 Å². The van der Waals surface area contributed by atoms with Crippen molar-refractivity contribution in [3.8, 4) is 0 Å². The first-order chi connectivity index (χ1) is 13.6. The van der Waals surface area contributed by atoms with Crippen molar-refractivity contribution in [1.82, 2.24) is 4.90 Å². The maximum absolute atomic E-state index is 12.7. The number of amides is 2. The monoisotopic (exact) mass is 456 g/mol. The smallest absolute Gasteiger partial charge is 0.293 e.